The maximum absolute atomic E-state index is 12.4. The smallest absolute Gasteiger partial charge is 0.352 e. The highest BCUT2D eigenvalue weighted by molar-refractivity contribution is 8.00. The number of carboxylic acids is 1. The number of aromatic nitrogens is 2. The molecule has 2 aliphatic rings. The number of hydrogen-bond donors (Lipinski definition) is 4. The predicted molar refractivity (Wildman–Crippen MR) is 86.3 cm³/mol. The first kappa shape index (κ1) is 17.3. The van der Waals surface area contributed by atoms with E-state index in [0.29, 0.717) is 23.0 Å². The zero-order valence-corrected chi connectivity index (χ0v) is 14.0. The molecule has 0 aliphatic carbocycles. The van der Waals surface area contributed by atoms with Gasteiger partial charge in [-0.05, 0) is 0 Å². The number of carbonyl (C=O) groups excluding carboxylic acids is 2. The quantitative estimate of drug-likeness (QED) is 0.385. The molecule has 1 aromatic heterocycles. The molecule has 3 heterocycles. The molecule has 1 aromatic rings. The number of anilines is 1. The fraction of sp³-hybridized carbons (Fsp3) is 0.429. The summed E-state index contributed by atoms with van der Waals surface area (Å²) in [4.78, 5) is 43.0. The van der Waals surface area contributed by atoms with Gasteiger partial charge in [-0.1, -0.05) is 0 Å². The Morgan fingerprint density at radius 3 is 2.92 bits per heavy atom. The van der Waals surface area contributed by atoms with Crippen molar-refractivity contribution in [3.05, 3.63) is 23.2 Å². The summed E-state index contributed by atoms with van der Waals surface area (Å²) in [6.07, 6.45) is 1.44. The van der Waals surface area contributed by atoms with Crippen molar-refractivity contribution in [2.75, 3.05) is 17.7 Å². The van der Waals surface area contributed by atoms with Gasteiger partial charge in [0.05, 0.1) is 18.5 Å². The Kier molecular flexibility index (Phi) is 4.68. The van der Waals surface area contributed by atoms with Crippen LogP contribution in [0.2, 0.25) is 0 Å². The minimum Gasteiger partial charge on any atom is -0.477 e. The zero-order chi connectivity index (χ0) is 18.1. The second kappa shape index (κ2) is 6.76. The number of carboxylic acid groups (broad SMARTS) is 1. The molecule has 2 aliphatic heterocycles. The summed E-state index contributed by atoms with van der Waals surface area (Å²) in [5.74, 6) is -1.50. The SMILES string of the molecule is CC(=O)OCC1=C(C(=O)O)N2C(=O)C(Nc3ncc(CO)[nH]3)[C@@H]2SC1. The molecule has 134 valence electrons. The highest BCUT2D eigenvalue weighted by Crippen LogP contribution is 2.41. The summed E-state index contributed by atoms with van der Waals surface area (Å²) >= 11 is 1.38. The normalized spacial score (nSPS) is 22.3. The number of amides is 1. The Morgan fingerprint density at radius 1 is 1.56 bits per heavy atom. The van der Waals surface area contributed by atoms with Crippen LogP contribution >= 0.6 is 11.8 Å². The van der Waals surface area contributed by atoms with Crippen molar-refractivity contribution in [1.82, 2.24) is 14.9 Å². The van der Waals surface area contributed by atoms with Gasteiger partial charge in [-0.25, -0.2) is 9.78 Å². The second-order valence-electron chi connectivity index (χ2n) is 5.48. The third-order valence-corrected chi connectivity index (χ3v) is 5.13. The highest BCUT2D eigenvalue weighted by atomic mass is 32.2. The molecule has 3 rings (SSSR count). The number of hydrogen-bond acceptors (Lipinski definition) is 8. The monoisotopic (exact) mass is 368 g/mol. The van der Waals surface area contributed by atoms with Crippen LogP contribution in [0.4, 0.5) is 5.95 Å². The standard InChI is InChI=1S/C14H16N4O6S/c1-6(20)24-4-7-5-25-12-9(11(21)18(12)10(7)13(22)23)17-14-15-2-8(3-19)16-14/h2,9,12,19H,3-5H2,1H3,(H,22,23)(H2,15,16,17)/t9?,12-/m0/s1. The number of imidazole rings is 1. The number of H-pyrrole nitrogens is 1. The number of ether oxygens (including phenoxy) is 1. The van der Waals surface area contributed by atoms with Gasteiger partial charge < -0.3 is 25.3 Å². The van der Waals surface area contributed by atoms with E-state index in [0.717, 1.165) is 0 Å². The van der Waals surface area contributed by atoms with E-state index in [2.05, 4.69) is 15.3 Å². The second-order valence-corrected chi connectivity index (χ2v) is 6.59. The molecular weight excluding hydrogens is 352 g/mol. The summed E-state index contributed by atoms with van der Waals surface area (Å²) in [6, 6.07) is -0.632. The molecule has 0 saturated carbocycles. The maximum Gasteiger partial charge on any atom is 0.352 e. The van der Waals surface area contributed by atoms with Crippen molar-refractivity contribution in [2.45, 2.75) is 24.9 Å². The van der Waals surface area contributed by atoms with Crippen LogP contribution in [-0.4, -0.2) is 66.7 Å². The van der Waals surface area contributed by atoms with Crippen LogP contribution in [0.3, 0.4) is 0 Å². The van der Waals surface area contributed by atoms with Gasteiger partial charge in [-0.3, -0.25) is 14.5 Å². The minimum atomic E-state index is -1.24. The van der Waals surface area contributed by atoms with E-state index in [1.54, 1.807) is 0 Å². The number of esters is 1. The summed E-state index contributed by atoms with van der Waals surface area (Å²) < 4.78 is 4.88. The van der Waals surface area contributed by atoms with Crippen LogP contribution in [0, 0.1) is 0 Å². The van der Waals surface area contributed by atoms with Gasteiger partial charge in [-0.2, -0.15) is 0 Å². The first-order valence-corrected chi connectivity index (χ1v) is 8.42. The lowest BCUT2D eigenvalue weighted by Crippen LogP contribution is -2.67. The van der Waals surface area contributed by atoms with Gasteiger partial charge >= 0.3 is 11.9 Å². The number of rotatable bonds is 6. The van der Waals surface area contributed by atoms with E-state index in [4.69, 9.17) is 9.84 Å². The summed E-state index contributed by atoms with van der Waals surface area (Å²) in [5, 5.41) is 21.0. The third-order valence-electron chi connectivity index (χ3n) is 3.79. The number of aliphatic carboxylic acids is 1. The van der Waals surface area contributed by atoms with Crippen LogP contribution in [-0.2, 0) is 25.7 Å². The lowest BCUT2D eigenvalue weighted by atomic mass is 10.0. The van der Waals surface area contributed by atoms with Crippen LogP contribution in [0.5, 0.6) is 0 Å². The minimum absolute atomic E-state index is 0.136. The highest BCUT2D eigenvalue weighted by Gasteiger charge is 2.54. The molecule has 1 fully saturated rings. The average molecular weight is 368 g/mol. The fourth-order valence-corrected chi connectivity index (χ4v) is 3.97. The molecule has 1 amide bonds. The van der Waals surface area contributed by atoms with E-state index in [1.807, 2.05) is 0 Å². The Bertz CT molecular complexity index is 760. The number of aliphatic hydroxyl groups excluding tert-OH is 1. The number of fused-ring (bicyclic) bond motifs is 1. The van der Waals surface area contributed by atoms with Gasteiger partial charge in [0.15, 0.2) is 0 Å². The Hall–Kier alpha value is -2.53. The van der Waals surface area contributed by atoms with E-state index in [1.165, 1.54) is 29.8 Å². The largest absolute Gasteiger partial charge is 0.477 e. The molecule has 0 bridgehead atoms. The first-order chi connectivity index (χ1) is 11.9. The van der Waals surface area contributed by atoms with E-state index in [-0.39, 0.29) is 18.9 Å². The molecular formula is C14H16N4O6S. The average Bonchev–Trinajstić information content (AvgIpc) is 3.04. The Balaban J connectivity index is 1.76. The van der Waals surface area contributed by atoms with Gasteiger partial charge in [0.2, 0.25) is 5.95 Å². The number of β-lactam (4-membered cyclic amide) rings is 1. The van der Waals surface area contributed by atoms with Crippen LogP contribution in [0.15, 0.2) is 17.5 Å². The molecule has 25 heavy (non-hydrogen) atoms. The molecule has 0 radical (unpaired) electrons. The van der Waals surface area contributed by atoms with Crippen molar-refractivity contribution in [1.29, 1.82) is 0 Å². The van der Waals surface area contributed by atoms with Crippen molar-refractivity contribution in [2.24, 2.45) is 0 Å². The predicted octanol–water partition coefficient (Wildman–Crippen LogP) is -0.501. The molecule has 11 heteroatoms. The van der Waals surface area contributed by atoms with Crippen molar-refractivity contribution < 1.29 is 29.3 Å². The van der Waals surface area contributed by atoms with Crippen LogP contribution in [0.1, 0.15) is 12.6 Å². The number of nitrogens with zero attached hydrogens (tertiary/aromatic N) is 2. The molecule has 4 N–H and O–H groups in total. The van der Waals surface area contributed by atoms with Gasteiger partial charge in [-0.15, -0.1) is 11.8 Å². The fourth-order valence-electron chi connectivity index (χ4n) is 2.64. The van der Waals surface area contributed by atoms with Gasteiger partial charge in [0, 0.05) is 18.2 Å². The molecule has 2 atom stereocenters. The lowest BCUT2D eigenvalue weighted by molar-refractivity contribution is -0.147. The summed E-state index contributed by atoms with van der Waals surface area (Å²) in [6.45, 7) is 0.873. The molecule has 1 saturated heterocycles. The summed E-state index contributed by atoms with van der Waals surface area (Å²) in [5.41, 5.74) is 0.747. The van der Waals surface area contributed by atoms with Gasteiger partial charge in [0.1, 0.15) is 23.7 Å². The lowest BCUT2D eigenvalue weighted by Gasteiger charge is -2.49. The van der Waals surface area contributed by atoms with Crippen LogP contribution in [0.25, 0.3) is 0 Å². The number of aliphatic hydroxyl groups is 1. The topological polar surface area (TPSA) is 145 Å². The van der Waals surface area contributed by atoms with Crippen LogP contribution < -0.4 is 5.32 Å². The van der Waals surface area contributed by atoms with E-state index >= 15 is 0 Å². The molecule has 10 nitrogen and oxygen atoms in total. The molecule has 0 spiro atoms. The molecule has 1 unspecified atom stereocenters. The maximum atomic E-state index is 12.4. The number of aromatic amines is 1. The van der Waals surface area contributed by atoms with Crippen molar-refractivity contribution in [3.8, 4) is 0 Å². The number of thioether (sulfide) groups is 1. The Morgan fingerprint density at radius 2 is 2.32 bits per heavy atom. The summed E-state index contributed by atoms with van der Waals surface area (Å²) in [7, 11) is 0. The Labute approximate surface area is 146 Å². The van der Waals surface area contributed by atoms with E-state index < -0.39 is 29.3 Å². The zero-order valence-electron chi connectivity index (χ0n) is 13.2. The van der Waals surface area contributed by atoms with Gasteiger partial charge in [0.25, 0.3) is 5.91 Å². The number of nitrogens with one attached hydrogen (secondary N) is 2. The third kappa shape index (κ3) is 3.20. The number of carbonyl (C=O) groups is 3. The van der Waals surface area contributed by atoms with Crippen molar-refractivity contribution >= 4 is 35.6 Å². The van der Waals surface area contributed by atoms with E-state index in [9.17, 15) is 19.5 Å². The molecule has 0 aromatic carbocycles. The van der Waals surface area contributed by atoms with Crippen molar-refractivity contribution in [3.63, 3.8) is 0 Å². The first-order valence-electron chi connectivity index (χ1n) is 7.37.